The molecule has 0 atom stereocenters. The summed E-state index contributed by atoms with van der Waals surface area (Å²) in [7, 11) is 0. The van der Waals surface area contributed by atoms with Crippen LogP contribution in [-0.2, 0) is 5.75 Å². The second-order valence-electron chi connectivity index (χ2n) is 4.49. The van der Waals surface area contributed by atoms with Crippen LogP contribution in [0.5, 0.6) is 0 Å². The molecule has 1 fully saturated rings. The second kappa shape index (κ2) is 5.00. The van der Waals surface area contributed by atoms with Crippen molar-refractivity contribution in [3.63, 3.8) is 0 Å². The van der Waals surface area contributed by atoms with Gasteiger partial charge in [0, 0.05) is 23.8 Å². The fraction of sp³-hybridized carbons (Fsp3) is 0.333. The van der Waals surface area contributed by atoms with Gasteiger partial charge in [0.2, 0.25) is 5.16 Å². The van der Waals surface area contributed by atoms with Crippen LogP contribution in [0.4, 0.5) is 5.69 Å². The minimum absolute atomic E-state index is 0.114. The van der Waals surface area contributed by atoms with E-state index in [1.165, 1.54) is 36.7 Å². The number of hydrogen-bond donors (Lipinski definition) is 1. The Bertz CT molecular complexity index is 592. The number of aromatic nitrogens is 3. The molecule has 0 amide bonds. The van der Waals surface area contributed by atoms with Crippen LogP contribution in [0, 0.1) is 10.1 Å². The Kier molecular flexibility index (Phi) is 3.20. The number of rotatable bonds is 5. The van der Waals surface area contributed by atoms with E-state index in [4.69, 9.17) is 0 Å². The summed E-state index contributed by atoms with van der Waals surface area (Å²) < 4.78 is 0. The first-order valence-electron chi connectivity index (χ1n) is 6.01. The predicted molar refractivity (Wildman–Crippen MR) is 71.0 cm³/mol. The predicted octanol–water partition coefficient (Wildman–Crippen LogP) is 2.88. The number of aromatic amines is 1. The lowest BCUT2D eigenvalue weighted by molar-refractivity contribution is -0.384. The van der Waals surface area contributed by atoms with Crippen molar-refractivity contribution in [1.82, 2.24) is 15.2 Å². The first-order valence-corrected chi connectivity index (χ1v) is 6.99. The number of nitro groups is 1. The maximum absolute atomic E-state index is 10.5. The first-order chi connectivity index (χ1) is 9.22. The van der Waals surface area contributed by atoms with Crippen molar-refractivity contribution in [2.75, 3.05) is 0 Å². The van der Waals surface area contributed by atoms with Gasteiger partial charge in [-0.15, -0.1) is 5.10 Å². The average molecular weight is 276 g/mol. The monoisotopic (exact) mass is 276 g/mol. The molecule has 0 radical (unpaired) electrons. The SMILES string of the molecule is O=[N+]([O-])c1ccc(CSc2n[nH]c(C3CC3)n2)cc1. The van der Waals surface area contributed by atoms with Gasteiger partial charge in [0.15, 0.2) is 0 Å². The summed E-state index contributed by atoms with van der Waals surface area (Å²) in [5, 5.41) is 18.4. The van der Waals surface area contributed by atoms with Gasteiger partial charge in [-0.1, -0.05) is 23.9 Å². The number of H-pyrrole nitrogens is 1. The summed E-state index contributed by atoms with van der Waals surface area (Å²) in [5.41, 5.74) is 1.14. The van der Waals surface area contributed by atoms with Gasteiger partial charge in [-0.05, 0) is 18.4 Å². The van der Waals surface area contributed by atoms with E-state index in [-0.39, 0.29) is 5.69 Å². The quantitative estimate of drug-likeness (QED) is 0.515. The maximum atomic E-state index is 10.5. The number of nitrogens with one attached hydrogen (secondary N) is 1. The lowest BCUT2D eigenvalue weighted by Crippen LogP contribution is -1.88. The molecule has 1 aromatic heterocycles. The van der Waals surface area contributed by atoms with Crippen LogP contribution < -0.4 is 0 Å². The molecule has 1 aromatic carbocycles. The van der Waals surface area contributed by atoms with Gasteiger partial charge in [0.25, 0.3) is 5.69 Å². The number of hydrogen-bond acceptors (Lipinski definition) is 5. The van der Waals surface area contributed by atoms with Crippen LogP contribution >= 0.6 is 11.8 Å². The third kappa shape index (κ3) is 2.93. The minimum atomic E-state index is -0.395. The van der Waals surface area contributed by atoms with Crippen LogP contribution in [-0.4, -0.2) is 20.1 Å². The summed E-state index contributed by atoms with van der Waals surface area (Å²) in [6.45, 7) is 0. The molecule has 0 saturated heterocycles. The molecule has 98 valence electrons. The zero-order valence-electron chi connectivity index (χ0n) is 10.1. The highest BCUT2D eigenvalue weighted by Crippen LogP contribution is 2.38. The largest absolute Gasteiger partial charge is 0.269 e. The molecule has 0 bridgehead atoms. The van der Waals surface area contributed by atoms with Crippen LogP contribution in [0.3, 0.4) is 0 Å². The molecule has 19 heavy (non-hydrogen) atoms. The summed E-state index contributed by atoms with van der Waals surface area (Å²) in [6.07, 6.45) is 2.39. The van der Waals surface area contributed by atoms with E-state index in [0.717, 1.165) is 16.5 Å². The van der Waals surface area contributed by atoms with E-state index < -0.39 is 4.92 Å². The highest BCUT2D eigenvalue weighted by atomic mass is 32.2. The highest BCUT2D eigenvalue weighted by Gasteiger charge is 2.27. The molecule has 2 aromatic rings. The van der Waals surface area contributed by atoms with Gasteiger partial charge in [-0.3, -0.25) is 15.2 Å². The summed E-state index contributed by atoms with van der Waals surface area (Å²) in [5.74, 6) is 2.26. The molecule has 3 rings (SSSR count). The van der Waals surface area contributed by atoms with E-state index in [2.05, 4.69) is 15.2 Å². The Morgan fingerprint density at radius 3 is 2.74 bits per heavy atom. The lowest BCUT2D eigenvalue weighted by atomic mass is 10.2. The molecule has 0 unspecified atom stereocenters. The molecule has 1 N–H and O–H groups in total. The van der Waals surface area contributed by atoms with Crippen molar-refractivity contribution >= 4 is 17.4 Å². The normalized spacial score (nSPS) is 14.5. The van der Waals surface area contributed by atoms with Crippen molar-refractivity contribution in [3.8, 4) is 0 Å². The van der Waals surface area contributed by atoms with E-state index >= 15 is 0 Å². The van der Waals surface area contributed by atoms with Gasteiger partial charge < -0.3 is 0 Å². The third-order valence-electron chi connectivity index (χ3n) is 2.96. The Balaban J connectivity index is 1.59. The van der Waals surface area contributed by atoms with Crippen LogP contribution in [0.15, 0.2) is 29.4 Å². The van der Waals surface area contributed by atoms with Crippen LogP contribution in [0.25, 0.3) is 0 Å². The molecule has 7 heteroatoms. The number of non-ortho nitro benzene ring substituents is 1. The van der Waals surface area contributed by atoms with E-state index in [0.29, 0.717) is 11.7 Å². The van der Waals surface area contributed by atoms with E-state index in [1.807, 2.05) is 0 Å². The first kappa shape index (κ1) is 12.2. The molecule has 0 aliphatic heterocycles. The smallest absolute Gasteiger partial charge is 0.262 e. The molecule has 1 heterocycles. The fourth-order valence-electron chi connectivity index (χ4n) is 1.72. The van der Waals surface area contributed by atoms with Gasteiger partial charge >= 0.3 is 0 Å². The highest BCUT2D eigenvalue weighted by molar-refractivity contribution is 7.98. The van der Waals surface area contributed by atoms with E-state index in [9.17, 15) is 10.1 Å². The van der Waals surface area contributed by atoms with Crippen molar-refractivity contribution in [2.24, 2.45) is 0 Å². The molecule has 1 aliphatic rings. The van der Waals surface area contributed by atoms with Gasteiger partial charge in [-0.25, -0.2) is 4.98 Å². The number of benzene rings is 1. The summed E-state index contributed by atoms with van der Waals surface area (Å²) in [6, 6.07) is 6.56. The lowest BCUT2D eigenvalue weighted by Gasteiger charge is -1.98. The van der Waals surface area contributed by atoms with Crippen LogP contribution in [0.1, 0.15) is 30.1 Å². The Morgan fingerprint density at radius 1 is 1.37 bits per heavy atom. The van der Waals surface area contributed by atoms with Crippen molar-refractivity contribution in [2.45, 2.75) is 29.7 Å². The maximum Gasteiger partial charge on any atom is 0.269 e. The minimum Gasteiger partial charge on any atom is -0.262 e. The molecule has 0 spiro atoms. The molecular formula is C12H12N4O2S. The second-order valence-corrected chi connectivity index (χ2v) is 5.43. The van der Waals surface area contributed by atoms with Crippen LogP contribution in [0.2, 0.25) is 0 Å². The fourth-order valence-corrected chi connectivity index (χ4v) is 2.49. The number of nitrogens with zero attached hydrogens (tertiary/aromatic N) is 3. The van der Waals surface area contributed by atoms with Gasteiger partial charge in [-0.2, -0.15) is 0 Å². The van der Waals surface area contributed by atoms with Crippen molar-refractivity contribution in [3.05, 3.63) is 45.8 Å². The average Bonchev–Trinajstić information content (AvgIpc) is 3.16. The number of thioether (sulfide) groups is 1. The zero-order valence-corrected chi connectivity index (χ0v) is 10.9. The summed E-state index contributed by atoms with van der Waals surface area (Å²) in [4.78, 5) is 14.6. The summed E-state index contributed by atoms with van der Waals surface area (Å²) >= 11 is 1.53. The van der Waals surface area contributed by atoms with Gasteiger partial charge in [0.05, 0.1) is 4.92 Å². The molecule has 1 saturated carbocycles. The standard InChI is InChI=1S/C12H12N4O2S/c17-16(18)10-5-1-8(2-6-10)7-19-12-13-11(14-15-12)9-3-4-9/h1-2,5-6,9H,3-4,7H2,(H,13,14,15). The topological polar surface area (TPSA) is 84.7 Å². The third-order valence-corrected chi connectivity index (χ3v) is 3.88. The number of nitro benzene ring substituents is 1. The van der Waals surface area contributed by atoms with Gasteiger partial charge in [0.1, 0.15) is 5.82 Å². The Labute approximate surface area is 113 Å². The van der Waals surface area contributed by atoms with Crippen molar-refractivity contribution in [1.29, 1.82) is 0 Å². The zero-order chi connectivity index (χ0) is 13.2. The molecular weight excluding hydrogens is 264 g/mol. The van der Waals surface area contributed by atoms with E-state index in [1.54, 1.807) is 12.1 Å². The van der Waals surface area contributed by atoms with Crippen molar-refractivity contribution < 1.29 is 4.92 Å². The molecule has 1 aliphatic carbocycles. The Hall–Kier alpha value is -1.89. The Morgan fingerprint density at radius 2 is 2.11 bits per heavy atom. The molecule has 6 nitrogen and oxygen atoms in total.